The van der Waals surface area contributed by atoms with E-state index in [4.69, 9.17) is 0 Å². The average molecular weight is 328 g/mol. The highest BCUT2D eigenvalue weighted by Gasteiger charge is 2.21. The van der Waals surface area contributed by atoms with Crippen molar-refractivity contribution < 1.29 is 8.78 Å². The SMILES string of the molecule is Fc1ccc(F)c(-c2nnc3n2NC(c2ccccc2)=CS3)c1. The largest absolute Gasteiger partial charge is 0.289 e. The number of fused-ring (bicyclic) bond motifs is 1. The molecule has 23 heavy (non-hydrogen) atoms. The third-order valence-electron chi connectivity index (χ3n) is 3.40. The third-order valence-corrected chi connectivity index (χ3v) is 4.23. The van der Waals surface area contributed by atoms with E-state index in [1.807, 2.05) is 35.7 Å². The van der Waals surface area contributed by atoms with Crippen molar-refractivity contribution in [1.29, 1.82) is 0 Å². The van der Waals surface area contributed by atoms with Crippen LogP contribution in [0.4, 0.5) is 8.78 Å². The fraction of sp³-hybridized carbons (Fsp3) is 0. The summed E-state index contributed by atoms with van der Waals surface area (Å²) < 4.78 is 29.0. The lowest BCUT2D eigenvalue weighted by molar-refractivity contribution is 0.601. The third kappa shape index (κ3) is 2.49. The van der Waals surface area contributed by atoms with Crippen molar-refractivity contribution in [3.05, 3.63) is 71.1 Å². The molecule has 0 saturated carbocycles. The van der Waals surface area contributed by atoms with Crippen molar-refractivity contribution in [2.75, 3.05) is 5.43 Å². The lowest BCUT2D eigenvalue weighted by Gasteiger charge is -2.19. The lowest BCUT2D eigenvalue weighted by atomic mass is 10.2. The van der Waals surface area contributed by atoms with Gasteiger partial charge in [0.05, 0.1) is 11.3 Å². The maximum atomic E-state index is 14.0. The van der Waals surface area contributed by atoms with Gasteiger partial charge in [0.15, 0.2) is 5.82 Å². The first-order valence-electron chi connectivity index (χ1n) is 6.82. The molecule has 4 rings (SSSR count). The minimum atomic E-state index is -0.552. The van der Waals surface area contributed by atoms with Crippen molar-refractivity contribution in [3.8, 4) is 11.4 Å². The van der Waals surface area contributed by atoms with Crippen LogP contribution < -0.4 is 5.43 Å². The van der Waals surface area contributed by atoms with E-state index >= 15 is 0 Å². The van der Waals surface area contributed by atoms with Gasteiger partial charge in [0.1, 0.15) is 11.6 Å². The van der Waals surface area contributed by atoms with E-state index in [9.17, 15) is 8.78 Å². The minimum absolute atomic E-state index is 0.0613. The van der Waals surface area contributed by atoms with E-state index in [1.165, 1.54) is 11.8 Å². The Bertz CT molecular complexity index is 906. The van der Waals surface area contributed by atoms with E-state index in [0.717, 1.165) is 29.5 Å². The zero-order valence-electron chi connectivity index (χ0n) is 11.7. The lowest BCUT2D eigenvalue weighted by Crippen LogP contribution is -2.18. The van der Waals surface area contributed by atoms with E-state index in [0.29, 0.717) is 5.16 Å². The van der Waals surface area contributed by atoms with Crippen LogP contribution in [-0.4, -0.2) is 14.9 Å². The average Bonchev–Trinajstić information content (AvgIpc) is 3.01. The molecule has 3 aromatic rings. The van der Waals surface area contributed by atoms with Crippen LogP contribution in [0.1, 0.15) is 5.56 Å². The molecule has 7 heteroatoms. The summed E-state index contributed by atoms with van der Waals surface area (Å²) in [6, 6.07) is 13.0. The molecule has 1 aromatic heterocycles. The molecule has 0 aliphatic carbocycles. The van der Waals surface area contributed by atoms with Gasteiger partial charge in [-0.1, -0.05) is 42.1 Å². The predicted octanol–water partition coefficient (Wildman–Crippen LogP) is 3.87. The molecule has 1 aliphatic rings. The highest BCUT2D eigenvalue weighted by molar-refractivity contribution is 8.02. The van der Waals surface area contributed by atoms with Gasteiger partial charge in [-0.2, -0.15) is 0 Å². The Kier molecular flexibility index (Phi) is 3.34. The number of rotatable bonds is 2. The van der Waals surface area contributed by atoms with E-state index in [1.54, 1.807) is 4.68 Å². The van der Waals surface area contributed by atoms with Crippen molar-refractivity contribution in [1.82, 2.24) is 14.9 Å². The second kappa shape index (κ2) is 5.51. The fourth-order valence-electron chi connectivity index (χ4n) is 2.30. The maximum Gasteiger partial charge on any atom is 0.214 e. The summed E-state index contributed by atoms with van der Waals surface area (Å²) in [5.41, 5.74) is 5.02. The van der Waals surface area contributed by atoms with Gasteiger partial charge in [0, 0.05) is 5.41 Å². The number of hydrogen-bond acceptors (Lipinski definition) is 4. The Morgan fingerprint density at radius 1 is 1.00 bits per heavy atom. The number of halogens is 2. The van der Waals surface area contributed by atoms with Crippen LogP contribution in [0.3, 0.4) is 0 Å². The van der Waals surface area contributed by atoms with Gasteiger partial charge in [-0.15, -0.1) is 10.2 Å². The minimum Gasteiger partial charge on any atom is -0.289 e. The molecule has 0 atom stereocenters. The summed E-state index contributed by atoms with van der Waals surface area (Å²) in [4.78, 5) is 0. The number of nitrogens with zero attached hydrogens (tertiary/aromatic N) is 3. The summed E-state index contributed by atoms with van der Waals surface area (Å²) in [5.74, 6) is -0.851. The number of benzene rings is 2. The number of aromatic nitrogens is 3. The molecule has 2 heterocycles. The Hall–Kier alpha value is -2.67. The number of thioether (sulfide) groups is 1. The van der Waals surface area contributed by atoms with E-state index in [2.05, 4.69) is 15.6 Å². The highest BCUT2D eigenvalue weighted by Crippen LogP contribution is 2.32. The Balaban J connectivity index is 1.76. The number of nitrogens with one attached hydrogen (secondary N) is 1. The molecular formula is C16H10F2N4S. The molecule has 1 aliphatic heterocycles. The summed E-state index contributed by atoms with van der Waals surface area (Å²) in [5, 5.41) is 10.5. The standard InChI is InChI=1S/C16H10F2N4S/c17-11-6-7-13(18)12(8-11)15-19-20-16-22(15)21-14(9-23-16)10-4-2-1-3-5-10/h1-9,21H. The van der Waals surface area contributed by atoms with Gasteiger partial charge in [-0.3, -0.25) is 5.43 Å². The van der Waals surface area contributed by atoms with Crippen molar-refractivity contribution >= 4 is 17.5 Å². The predicted molar refractivity (Wildman–Crippen MR) is 85.0 cm³/mol. The highest BCUT2D eigenvalue weighted by atomic mass is 32.2. The normalized spacial score (nSPS) is 13.2. The summed E-state index contributed by atoms with van der Waals surface area (Å²) in [6.07, 6.45) is 0. The van der Waals surface area contributed by atoms with E-state index < -0.39 is 11.6 Å². The molecule has 1 N–H and O–H groups in total. The molecule has 0 spiro atoms. The smallest absolute Gasteiger partial charge is 0.214 e. The molecule has 0 fully saturated rings. The molecule has 0 bridgehead atoms. The van der Waals surface area contributed by atoms with Crippen LogP contribution in [0.5, 0.6) is 0 Å². The van der Waals surface area contributed by atoms with E-state index in [-0.39, 0.29) is 11.4 Å². The van der Waals surface area contributed by atoms with Crippen LogP contribution in [-0.2, 0) is 0 Å². The van der Waals surface area contributed by atoms with Crippen molar-refractivity contribution in [3.63, 3.8) is 0 Å². The Morgan fingerprint density at radius 3 is 2.65 bits per heavy atom. The molecule has 0 unspecified atom stereocenters. The Labute approximate surface area is 134 Å². The van der Waals surface area contributed by atoms with Crippen LogP contribution in [0.25, 0.3) is 17.1 Å². The molecule has 114 valence electrons. The topological polar surface area (TPSA) is 42.7 Å². The van der Waals surface area contributed by atoms with Crippen LogP contribution in [0, 0.1) is 11.6 Å². The molecular weight excluding hydrogens is 318 g/mol. The summed E-state index contributed by atoms with van der Waals surface area (Å²) >= 11 is 1.37. The zero-order valence-corrected chi connectivity index (χ0v) is 12.5. The zero-order chi connectivity index (χ0) is 15.8. The van der Waals surface area contributed by atoms with Gasteiger partial charge in [0.2, 0.25) is 5.16 Å². The molecule has 0 amide bonds. The second-order valence-electron chi connectivity index (χ2n) is 4.89. The fourth-order valence-corrected chi connectivity index (χ4v) is 3.04. The van der Waals surface area contributed by atoms with Gasteiger partial charge in [0.25, 0.3) is 0 Å². The van der Waals surface area contributed by atoms with Crippen LogP contribution in [0.15, 0.2) is 59.1 Å². The molecule has 0 radical (unpaired) electrons. The Morgan fingerprint density at radius 2 is 1.83 bits per heavy atom. The summed E-state index contributed by atoms with van der Waals surface area (Å²) in [6.45, 7) is 0. The quantitative estimate of drug-likeness (QED) is 0.775. The van der Waals surface area contributed by atoms with Gasteiger partial charge in [-0.25, -0.2) is 13.5 Å². The summed E-state index contributed by atoms with van der Waals surface area (Å²) in [7, 11) is 0. The van der Waals surface area contributed by atoms with Gasteiger partial charge in [-0.05, 0) is 23.8 Å². The first kappa shape index (κ1) is 14.0. The van der Waals surface area contributed by atoms with Gasteiger partial charge < -0.3 is 0 Å². The first-order valence-corrected chi connectivity index (χ1v) is 7.70. The van der Waals surface area contributed by atoms with Crippen molar-refractivity contribution in [2.24, 2.45) is 0 Å². The van der Waals surface area contributed by atoms with Crippen LogP contribution in [0.2, 0.25) is 0 Å². The second-order valence-corrected chi connectivity index (χ2v) is 5.73. The van der Waals surface area contributed by atoms with Gasteiger partial charge >= 0.3 is 0 Å². The van der Waals surface area contributed by atoms with Crippen LogP contribution >= 0.6 is 11.8 Å². The maximum absolute atomic E-state index is 14.0. The van der Waals surface area contributed by atoms with Crippen molar-refractivity contribution in [2.45, 2.75) is 5.16 Å². The molecule has 0 saturated heterocycles. The molecule has 4 nitrogen and oxygen atoms in total. The monoisotopic (exact) mass is 328 g/mol. The number of hydrogen-bond donors (Lipinski definition) is 1. The first-order chi connectivity index (χ1) is 11.2. The molecule has 2 aromatic carbocycles.